The molecular weight excluding hydrogens is 322 g/mol. The van der Waals surface area contributed by atoms with Crippen molar-refractivity contribution >= 4 is 11.8 Å². The van der Waals surface area contributed by atoms with E-state index in [1.807, 2.05) is 19.0 Å². The van der Waals surface area contributed by atoms with E-state index in [2.05, 4.69) is 9.97 Å². The summed E-state index contributed by atoms with van der Waals surface area (Å²) in [5.74, 6) is -0.205. The summed E-state index contributed by atoms with van der Waals surface area (Å²) in [7, 11) is 3.93. The Hall–Kier alpha value is -2.22. The number of carbonyl (C=O) groups excluding carboxylic acids is 2. The largest absolute Gasteiger partial charge is 0.342 e. The number of carbonyl (C=O) groups is 2. The van der Waals surface area contributed by atoms with Gasteiger partial charge in [0, 0.05) is 51.1 Å². The van der Waals surface area contributed by atoms with Gasteiger partial charge in [-0.3, -0.25) is 14.4 Å². The van der Waals surface area contributed by atoms with Crippen molar-refractivity contribution in [2.75, 3.05) is 46.8 Å². The standard InChI is InChI=1S/C17H25N5O3/c1-20(2)7-8-22-10-12(9-15(22)23)17(25)21-5-3-13-14(4-6-21)18-11-19-16(13)24/h11-12H,3-10H2,1-2H3,(H,18,19,24). The Bertz CT molecular complexity index is 714. The molecule has 2 aliphatic rings. The van der Waals surface area contributed by atoms with Crippen molar-refractivity contribution in [3.63, 3.8) is 0 Å². The number of amides is 2. The summed E-state index contributed by atoms with van der Waals surface area (Å²) >= 11 is 0. The molecule has 136 valence electrons. The zero-order valence-electron chi connectivity index (χ0n) is 14.8. The molecule has 1 aromatic heterocycles. The molecule has 1 saturated heterocycles. The zero-order chi connectivity index (χ0) is 18.0. The molecule has 3 rings (SSSR count). The Morgan fingerprint density at radius 2 is 2.08 bits per heavy atom. The third-order valence-corrected chi connectivity index (χ3v) is 4.98. The third kappa shape index (κ3) is 3.89. The van der Waals surface area contributed by atoms with Crippen molar-refractivity contribution in [2.24, 2.45) is 5.92 Å². The molecule has 0 radical (unpaired) electrons. The SMILES string of the molecule is CN(C)CCN1CC(C(=O)N2CCc3nc[nH]c(=O)c3CC2)CC1=O. The molecule has 8 nitrogen and oxygen atoms in total. The maximum absolute atomic E-state index is 12.8. The Labute approximate surface area is 146 Å². The van der Waals surface area contributed by atoms with E-state index in [9.17, 15) is 14.4 Å². The van der Waals surface area contributed by atoms with Gasteiger partial charge in [-0.15, -0.1) is 0 Å². The highest BCUT2D eigenvalue weighted by molar-refractivity contribution is 5.89. The van der Waals surface area contributed by atoms with Gasteiger partial charge in [0.2, 0.25) is 11.8 Å². The molecule has 1 N–H and O–H groups in total. The van der Waals surface area contributed by atoms with Crippen LogP contribution in [-0.2, 0) is 22.4 Å². The minimum atomic E-state index is -0.276. The number of rotatable bonds is 4. The fourth-order valence-corrected chi connectivity index (χ4v) is 3.49. The first-order valence-electron chi connectivity index (χ1n) is 8.72. The first-order valence-corrected chi connectivity index (χ1v) is 8.72. The summed E-state index contributed by atoms with van der Waals surface area (Å²) in [5.41, 5.74) is 1.33. The number of hydrogen-bond donors (Lipinski definition) is 1. The number of H-pyrrole nitrogens is 1. The normalized spacial score (nSPS) is 20.8. The van der Waals surface area contributed by atoms with Gasteiger partial charge in [-0.1, -0.05) is 0 Å². The van der Waals surface area contributed by atoms with Crippen LogP contribution in [0.2, 0.25) is 0 Å². The van der Waals surface area contributed by atoms with Crippen LogP contribution in [-0.4, -0.2) is 83.3 Å². The first-order chi connectivity index (χ1) is 12.0. The highest BCUT2D eigenvalue weighted by atomic mass is 16.2. The number of aromatic amines is 1. The molecule has 0 aromatic carbocycles. The number of likely N-dealkylation sites (N-methyl/N-ethyl adjacent to an activating group) is 1. The van der Waals surface area contributed by atoms with Gasteiger partial charge in [-0.2, -0.15) is 0 Å². The van der Waals surface area contributed by atoms with Crippen molar-refractivity contribution < 1.29 is 9.59 Å². The third-order valence-electron chi connectivity index (χ3n) is 4.98. The van der Waals surface area contributed by atoms with Crippen LogP contribution in [0.5, 0.6) is 0 Å². The maximum Gasteiger partial charge on any atom is 0.254 e. The van der Waals surface area contributed by atoms with E-state index in [0.29, 0.717) is 44.6 Å². The number of likely N-dealkylation sites (tertiary alicyclic amines) is 1. The van der Waals surface area contributed by atoms with E-state index >= 15 is 0 Å². The minimum absolute atomic E-state index is 0.0185. The van der Waals surface area contributed by atoms with E-state index in [-0.39, 0.29) is 29.7 Å². The number of nitrogens with zero attached hydrogens (tertiary/aromatic N) is 4. The van der Waals surface area contributed by atoms with Crippen LogP contribution in [0.3, 0.4) is 0 Å². The molecule has 1 atom stereocenters. The summed E-state index contributed by atoms with van der Waals surface area (Å²) < 4.78 is 0. The smallest absolute Gasteiger partial charge is 0.254 e. The van der Waals surface area contributed by atoms with Gasteiger partial charge in [0.05, 0.1) is 17.9 Å². The average molecular weight is 347 g/mol. The zero-order valence-corrected chi connectivity index (χ0v) is 14.8. The predicted molar refractivity (Wildman–Crippen MR) is 92.1 cm³/mol. The number of nitrogens with one attached hydrogen (secondary N) is 1. The molecule has 0 saturated carbocycles. The molecule has 3 heterocycles. The van der Waals surface area contributed by atoms with Crippen LogP contribution >= 0.6 is 0 Å². The monoisotopic (exact) mass is 347 g/mol. The highest BCUT2D eigenvalue weighted by Crippen LogP contribution is 2.21. The van der Waals surface area contributed by atoms with Crippen molar-refractivity contribution in [3.8, 4) is 0 Å². The van der Waals surface area contributed by atoms with Crippen molar-refractivity contribution in [3.05, 3.63) is 27.9 Å². The van der Waals surface area contributed by atoms with E-state index < -0.39 is 0 Å². The second-order valence-corrected chi connectivity index (χ2v) is 7.03. The van der Waals surface area contributed by atoms with E-state index in [4.69, 9.17) is 0 Å². The van der Waals surface area contributed by atoms with E-state index in [1.165, 1.54) is 6.33 Å². The van der Waals surface area contributed by atoms with Gasteiger partial charge in [-0.05, 0) is 20.5 Å². The van der Waals surface area contributed by atoms with Crippen molar-refractivity contribution in [2.45, 2.75) is 19.3 Å². The summed E-state index contributed by atoms with van der Waals surface area (Å²) in [6.07, 6.45) is 2.79. The minimum Gasteiger partial charge on any atom is -0.342 e. The molecule has 0 aliphatic carbocycles. The maximum atomic E-state index is 12.8. The summed E-state index contributed by atoms with van der Waals surface area (Å²) in [4.78, 5) is 49.3. The van der Waals surface area contributed by atoms with Crippen LogP contribution in [0.4, 0.5) is 0 Å². The fourth-order valence-electron chi connectivity index (χ4n) is 3.49. The van der Waals surface area contributed by atoms with Crippen molar-refractivity contribution in [1.29, 1.82) is 0 Å². The van der Waals surface area contributed by atoms with Crippen LogP contribution in [0.15, 0.2) is 11.1 Å². The molecule has 8 heteroatoms. The van der Waals surface area contributed by atoms with Gasteiger partial charge in [0.1, 0.15) is 0 Å². The van der Waals surface area contributed by atoms with Gasteiger partial charge >= 0.3 is 0 Å². The second kappa shape index (κ2) is 7.35. The van der Waals surface area contributed by atoms with Gasteiger partial charge < -0.3 is 19.7 Å². The Balaban J connectivity index is 1.62. The Morgan fingerprint density at radius 3 is 2.84 bits per heavy atom. The van der Waals surface area contributed by atoms with Gasteiger partial charge in [0.15, 0.2) is 0 Å². The van der Waals surface area contributed by atoms with Crippen molar-refractivity contribution in [1.82, 2.24) is 24.7 Å². The fraction of sp³-hybridized carbons (Fsp3) is 0.647. The summed E-state index contributed by atoms with van der Waals surface area (Å²) in [6.45, 7) is 2.99. The number of hydrogen-bond acceptors (Lipinski definition) is 5. The molecular formula is C17H25N5O3. The molecule has 0 spiro atoms. The molecule has 1 unspecified atom stereocenters. The highest BCUT2D eigenvalue weighted by Gasteiger charge is 2.36. The molecule has 2 amide bonds. The lowest BCUT2D eigenvalue weighted by Gasteiger charge is -2.24. The van der Waals surface area contributed by atoms with E-state index in [1.54, 1.807) is 9.80 Å². The molecule has 25 heavy (non-hydrogen) atoms. The first kappa shape index (κ1) is 17.6. The van der Waals surface area contributed by atoms with Crippen LogP contribution in [0.1, 0.15) is 17.7 Å². The predicted octanol–water partition coefficient (Wildman–Crippen LogP) is -0.893. The lowest BCUT2D eigenvalue weighted by atomic mass is 10.1. The molecule has 2 aliphatic heterocycles. The second-order valence-electron chi connectivity index (χ2n) is 7.03. The van der Waals surface area contributed by atoms with Gasteiger partial charge in [-0.25, -0.2) is 4.98 Å². The molecule has 1 fully saturated rings. The number of aromatic nitrogens is 2. The molecule has 1 aromatic rings. The lowest BCUT2D eigenvalue weighted by molar-refractivity contribution is -0.135. The molecule has 0 bridgehead atoms. The topological polar surface area (TPSA) is 89.6 Å². The Morgan fingerprint density at radius 1 is 1.32 bits per heavy atom. The number of fused-ring (bicyclic) bond motifs is 1. The Kier molecular flexibility index (Phi) is 5.17. The quantitative estimate of drug-likeness (QED) is 0.763. The van der Waals surface area contributed by atoms with Crippen LogP contribution in [0.25, 0.3) is 0 Å². The summed E-state index contributed by atoms with van der Waals surface area (Å²) in [6, 6.07) is 0. The summed E-state index contributed by atoms with van der Waals surface area (Å²) in [5, 5.41) is 0. The average Bonchev–Trinajstić information content (AvgIpc) is 2.80. The van der Waals surface area contributed by atoms with Gasteiger partial charge in [0.25, 0.3) is 5.56 Å². The van der Waals surface area contributed by atoms with Crippen LogP contribution in [0, 0.1) is 5.92 Å². The lowest BCUT2D eigenvalue weighted by Crippen LogP contribution is -2.39. The van der Waals surface area contributed by atoms with E-state index in [0.717, 1.165) is 12.2 Å². The van der Waals surface area contributed by atoms with Crippen LogP contribution < -0.4 is 5.56 Å².